The van der Waals surface area contributed by atoms with Crippen molar-refractivity contribution < 1.29 is 9.32 Å². The van der Waals surface area contributed by atoms with Crippen LogP contribution in [-0.2, 0) is 6.54 Å². The lowest BCUT2D eigenvalue weighted by atomic mass is 10.1. The van der Waals surface area contributed by atoms with E-state index >= 15 is 0 Å². The van der Waals surface area contributed by atoms with Gasteiger partial charge in [-0.05, 0) is 23.6 Å². The summed E-state index contributed by atoms with van der Waals surface area (Å²) in [6, 6.07) is 11.1. The van der Waals surface area contributed by atoms with Crippen LogP contribution in [-0.4, -0.2) is 16.0 Å². The van der Waals surface area contributed by atoms with Gasteiger partial charge in [0.15, 0.2) is 0 Å². The van der Waals surface area contributed by atoms with Gasteiger partial charge in [0.25, 0.3) is 5.91 Å². The number of aromatic nitrogens is 2. The maximum absolute atomic E-state index is 12.2. The van der Waals surface area contributed by atoms with Crippen molar-refractivity contribution in [2.75, 3.05) is 0 Å². The largest absolute Gasteiger partial charge is 0.347 e. The molecule has 1 aromatic carbocycles. The zero-order valence-electron chi connectivity index (χ0n) is 11.4. The van der Waals surface area contributed by atoms with Crippen molar-refractivity contribution in [3.63, 3.8) is 0 Å². The lowest BCUT2D eigenvalue weighted by Gasteiger charge is -2.04. The standard InChI is InChI=1S/C15H13N3O2S/c1-10-17-14(18-20-10)11-4-2-5-12(8-11)15(19)16-9-13-6-3-7-21-13/h2-8H,9H2,1H3,(H,16,19). The molecule has 2 heterocycles. The van der Waals surface area contributed by atoms with E-state index in [0.717, 1.165) is 10.4 Å². The lowest BCUT2D eigenvalue weighted by Crippen LogP contribution is -2.22. The lowest BCUT2D eigenvalue weighted by molar-refractivity contribution is 0.0951. The van der Waals surface area contributed by atoms with Crippen molar-refractivity contribution in [3.8, 4) is 11.4 Å². The molecule has 0 saturated heterocycles. The molecule has 0 atom stereocenters. The Hall–Kier alpha value is -2.47. The molecular weight excluding hydrogens is 286 g/mol. The maximum atomic E-state index is 12.2. The van der Waals surface area contributed by atoms with E-state index in [4.69, 9.17) is 4.52 Å². The Labute approximate surface area is 125 Å². The van der Waals surface area contributed by atoms with E-state index in [2.05, 4.69) is 15.5 Å². The van der Waals surface area contributed by atoms with Gasteiger partial charge < -0.3 is 9.84 Å². The SMILES string of the molecule is Cc1nc(-c2cccc(C(=O)NCc3cccs3)c2)no1. The second-order valence-corrected chi connectivity index (χ2v) is 5.51. The molecule has 0 aliphatic heterocycles. The fourth-order valence-corrected chi connectivity index (χ4v) is 2.54. The van der Waals surface area contributed by atoms with E-state index in [9.17, 15) is 4.79 Å². The van der Waals surface area contributed by atoms with Crippen LogP contribution in [0.1, 0.15) is 21.1 Å². The highest BCUT2D eigenvalue weighted by Gasteiger charge is 2.10. The smallest absolute Gasteiger partial charge is 0.251 e. The third-order valence-corrected chi connectivity index (χ3v) is 3.79. The van der Waals surface area contributed by atoms with Gasteiger partial charge in [-0.1, -0.05) is 23.4 Å². The van der Waals surface area contributed by atoms with E-state index in [1.165, 1.54) is 0 Å². The van der Waals surface area contributed by atoms with Crippen molar-refractivity contribution in [1.82, 2.24) is 15.5 Å². The summed E-state index contributed by atoms with van der Waals surface area (Å²) < 4.78 is 4.96. The van der Waals surface area contributed by atoms with Crippen molar-refractivity contribution in [1.29, 1.82) is 0 Å². The van der Waals surface area contributed by atoms with E-state index in [1.807, 2.05) is 23.6 Å². The minimum atomic E-state index is -0.120. The Morgan fingerprint density at radius 1 is 1.33 bits per heavy atom. The molecule has 1 N–H and O–H groups in total. The fraction of sp³-hybridized carbons (Fsp3) is 0.133. The molecular formula is C15H13N3O2S. The summed E-state index contributed by atoms with van der Waals surface area (Å²) in [6.07, 6.45) is 0. The number of nitrogens with one attached hydrogen (secondary N) is 1. The number of rotatable bonds is 4. The molecule has 3 rings (SSSR count). The normalized spacial score (nSPS) is 10.5. The average molecular weight is 299 g/mol. The van der Waals surface area contributed by atoms with Crippen LogP contribution in [0.2, 0.25) is 0 Å². The van der Waals surface area contributed by atoms with Gasteiger partial charge in [0.2, 0.25) is 11.7 Å². The quantitative estimate of drug-likeness (QED) is 0.804. The number of carbonyl (C=O) groups excluding carboxylic acids is 1. The second-order valence-electron chi connectivity index (χ2n) is 4.48. The van der Waals surface area contributed by atoms with Crippen LogP contribution in [0.4, 0.5) is 0 Å². The number of aryl methyl sites for hydroxylation is 1. The van der Waals surface area contributed by atoms with Crippen LogP contribution in [0.3, 0.4) is 0 Å². The first-order valence-electron chi connectivity index (χ1n) is 6.44. The highest BCUT2D eigenvalue weighted by molar-refractivity contribution is 7.09. The highest BCUT2D eigenvalue weighted by atomic mass is 32.1. The van der Waals surface area contributed by atoms with E-state index in [1.54, 1.807) is 36.5 Å². The molecule has 0 unspecified atom stereocenters. The minimum Gasteiger partial charge on any atom is -0.347 e. The Bertz CT molecular complexity index is 750. The number of hydrogen-bond donors (Lipinski definition) is 1. The van der Waals surface area contributed by atoms with Gasteiger partial charge in [0, 0.05) is 22.9 Å². The maximum Gasteiger partial charge on any atom is 0.251 e. The van der Waals surface area contributed by atoms with E-state index in [-0.39, 0.29) is 5.91 Å². The van der Waals surface area contributed by atoms with Crippen molar-refractivity contribution in [2.24, 2.45) is 0 Å². The molecule has 106 valence electrons. The van der Waals surface area contributed by atoms with Gasteiger partial charge in [0.05, 0.1) is 6.54 Å². The average Bonchev–Trinajstić information content (AvgIpc) is 3.16. The zero-order valence-corrected chi connectivity index (χ0v) is 12.2. The number of benzene rings is 1. The summed E-state index contributed by atoms with van der Waals surface area (Å²) in [5.74, 6) is 0.864. The monoisotopic (exact) mass is 299 g/mol. The Balaban J connectivity index is 1.74. The Morgan fingerprint density at radius 3 is 2.95 bits per heavy atom. The van der Waals surface area contributed by atoms with Crippen LogP contribution in [0.15, 0.2) is 46.3 Å². The summed E-state index contributed by atoms with van der Waals surface area (Å²) in [6.45, 7) is 2.26. The van der Waals surface area contributed by atoms with Gasteiger partial charge in [-0.15, -0.1) is 11.3 Å². The summed E-state index contributed by atoms with van der Waals surface area (Å²) in [5, 5.41) is 8.74. The minimum absolute atomic E-state index is 0.120. The predicted octanol–water partition coefficient (Wildman–Crippen LogP) is 3.04. The summed E-state index contributed by atoms with van der Waals surface area (Å²) in [5.41, 5.74) is 1.34. The van der Waals surface area contributed by atoms with Gasteiger partial charge in [0.1, 0.15) is 0 Å². The number of hydrogen-bond acceptors (Lipinski definition) is 5. The van der Waals surface area contributed by atoms with Crippen LogP contribution in [0, 0.1) is 6.92 Å². The molecule has 0 radical (unpaired) electrons. The van der Waals surface area contributed by atoms with Crippen LogP contribution >= 0.6 is 11.3 Å². The first kappa shape index (κ1) is 13.5. The number of amides is 1. The summed E-state index contributed by atoms with van der Waals surface area (Å²) >= 11 is 1.62. The molecule has 0 saturated carbocycles. The molecule has 0 fully saturated rings. The number of carbonyl (C=O) groups is 1. The Kier molecular flexibility index (Phi) is 3.79. The van der Waals surface area contributed by atoms with Crippen LogP contribution < -0.4 is 5.32 Å². The second kappa shape index (κ2) is 5.88. The van der Waals surface area contributed by atoms with Gasteiger partial charge in [-0.25, -0.2) is 0 Å². The van der Waals surface area contributed by atoms with Crippen LogP contribution in [0.5, 0.6) is 0 Å². The van der Waals surface area contributed by atoms with Gasteiger partial charge in [-0.3, -0.25) is 4.79 Å². The molecule has 5 nitrogen and oxygen atoms in total. The van der Waals surface area contributed by atoms with Crippen molar-refractivity contribution in [2.45, 2.75) is 13.5 Å². The third kappa shape index (κ3) is 3.17. The molecule has 3 aromatic rings. The fourth-order valence-electron chi connectivity index (χ4n) is 1.90. The van der Waals surface area contributed by atoms with Gasteiger partial charge in [-0.2, -0.15) is 4.98 Å². The first-order valence-corrected chi connectivity index (χ1v) is 7.31. The highest BCUT2D eigenvalue weighted by Crippen LogP contribution is 2.17. The van der Waals surface area contributed by atoms with Gasteiger partial charge >= 0.3 is 0 Å². The molecule has 2 aromatic heterocycles. The molecule has 0 aliphatic carbocycles. The molecule has 0 aliphatic rings. The zero-order chi connectivity index (χ0) is 14.7. The van der Waals surface area contributed by atoms with E-state index in [0.29, 0.717) is 23.8 Å². The van der Waals surface area contributed by atoms with E-state index < -0.39 is 0 Å². The molecule has 6 heteroatoms. The summed E-state index contributed by atoms with van der Waals surface area (Å²) in [7, 11) is 0. The van der Waals surface area contributed by atoms with Crippen LogP contribution in [0.25, 0.3) is 11.4 Å². The third-order valence-electron chi connectivity index (χ3n) is 2.91. The number of nitrogens with zero attached hydrogens (tertiary/aromatic N) is 2. The molecule has 0 spiro atoms. The summed E-state index contributed by atoms with van der Waals surface area (Å²) in [4.78, 5) is 17.4. The molecule has 1 amide bonds. The first-order chi connectivity index (χ1) is 10.2. The molecule has 0 bridgehead atoms. The topological polar surface area (TPSA) is 68.0 Å². The number of thiophene rings is 1. The van der Waals surface area contributed by atoms with Crippen molar-refractivity contribution >= 4 is 17.2 Å². The predicted molar refractivity (Wildman–Crippen MR) is 80.0 cm³/mol. The Morgan fingerprint density at radius 2 is 2.24 bits per heavy atom. The van der Waals surface area contributed by atoms with Crippen molar-refractivity contribution in [3.05, 3.63) is 58.1 Å². The molecule has 21 heavy (non-hydrogen) atoms.